The Bertz CT molecular complexity index is 222. The summed E-state index contributed by atoms with van der Waals surface area (Å²) >= 11 is 1.51. The Hall–Kier alpha value is -0.750. The standard InChI is InChI=1S/C9H17NO4S/c1-3-7(11)8(12)10-6(9(13)14)4-5-15-2/h6-7,11H,3-5H2,1-2H3,(H,10,12)(H,13,14)/t6-,7?/m0/s1. The largest absolute Gasteiger partial charge is 0.480 e. The van der Waals surface area contributed by atoms with Crippen LogP contribution in [0.2, 0.25) is 0 Å². The van der Waals surface area contributed by atoms with Crippen LogP contribution >= 0.6 is 11.8 Å². The molecule has 0 rings (SSSR count). The molecular formula is C9H17NO4S. The second-order valence-electron chi connectivity index (χ2n) is 3.10. The number of thioether (sulfide) groups is 1. The van der Waals surface area contributed by atoms with Crippen molar-refractivity contribution >= 4 is 23.6 Å². The fraction of sp³-hybridized carbons (Fsp3) is 0.778. The van der Waals surface area contributed by atoms with E-state index in [9.17, 15) is 14.7 Å². The molecule has 0 aliphatic heterocycles. The fourth-order valence-electron chi connectivity index (χ4n) is 0.946. The average molecular weight is 235 g/mol. The Morgan fingerprint density at radius 1 is 1.47 bits per heavy atom. The van der Waals surface area contributed by atoms with E-state index in [1.54, 1.807) is 6.92 Å². The van der Waals surface area contributed by atoms with Crippen LogP contribution in [-0.4, -0.2) is 46.2 Å². The predicted octanol–water partition coefficient (Wildman–Crippen LogP) is 0.0798. The SMILES string of the molecule is CCC(O)C(=O)N[C@@H](CCSC)C(=O)O. The van der Waals surface area contributed by atoms with Crippen molar-refractivity contribution in [2.45, 2.75) is 31.9 Å². The first-order valence-corrected chi connectivity index (χ1v) is 6.12. The summed E-state index contributed by atoms with van der Waals surface area (Å²) in [6.07, 6.45) is 1.38. The van der Waals surface area contributed by atoms with Gasteiger partial charge in [0.25, 0.3) is 0 Å². The fourth-order valence-corrected chi connectivity index (χ4v) is 1.42. The van der Waals surface area contributed by atoms with Gasteiger partial charge >= 0.3 is 5.97 Å². The van der Waals surface area contributed by atoms with Crippen molar-refractivity contribution in [1.82, 2.24) is 5.32 Å². The highest BCUT2D eigenvalue weighted by atomic mass is 32.2. The number of aliphatic carboxylic acids is 1. The summed E-state index contributed by atoms with van der Waals surface area (Å²) in [7, 11) is 0. The number of carbonyl (C=O) groups is 2. The highest BCUT2D eigenvalue weighted by Crippen LogP contribution is 2.02. The number of rotatable bonds is 7. The first kappa shape index (κ1) is 14.2. The van der Waals surface area contributed by atoms with Crippen LogP contribution in [0.15, 0.2) is 0 Å². The molecule has 0 saturated heterocycles. The van der Waals surface area contributed by atoms with E-state index >= 15 is 0 Å². The molecule has 0 bridgehead atoms. The molecule has 15 heavy (non-hydrogen) atoms. The van der Waals surface area contributed by atoms with Crippen LogP contribution in [-0.2, 0) is 9.59 Å². The van der Waals surface area contributed by atoms with Gasteiger partial charge in [0.15, 0.2) is 0 Å². The number of aliphatic hydroxyl groups excluding tert-OH is 1. The van der Waals surface area contributed by atoms with E-state index < -0.39 is 24.0 Å². The number of amides is 1. The molecule has 0 radical (unpaired) electrons. The number of aliphatic hydroxyl groups is 1. The van der Waals surface area contributed by atoms with Gasteiger partial charge in [-0.2, -0.15) is 11.8 Å². The Morgan fingerprint density at radius 3 is 2.47 bits per heavy atom. The van der Waals surface area contributed by atoms with E-state index in [-0.39, 0.29) is 6.42 Å². The van der Waals surface area contributed by atoms with Crippen LogP contribution in [0, 0.1) is 0 Å². The number of hydrogen-bond acceptors (Lipinski definition) is 4. The Morgan fingerprint density at radius 2 is 2.07 bits per heavy atom. The lowest BCUT2D eigenvalue weighted by Crippen LogP contribution is -2.45. The third kappa shape index (κ3) is 5.64. The minimum Gasteiger partial charge on any atom is -0.480 e. The minimum atomic E-state index is -1.12. The van der Waals surface area contributed by atoms with Crippen LogP contribution in [0.1, 0.15) is 19.8 Å². The molecule has 0 aromatic heterocycles. The summed E-state index contributed by atoms with van der Waals surface area (Å²) in [6.45, 7) is 1.65. The molecule has 88 valence electrons. The summed E-state index contributed by atoms with van der Waals surface area (Å²) < 4.78 is 0. The molecule has 5 nitrogen and oxygen atoms in total. The molecule has 0 aromatic rings. The van der Waals surface area contributed by atoms with E-state index in [0.29, 0.717) is 12.2 Å². The van der Waals surface area contributed by atoms with Gasteiger partial charge in [-0.3, -0.25) is 4.79 Å². The third-order valence-corrected chi connectivity index (χ3v) is 2.56. The van der Waals surface area contributed by atoms with Gasteiger partial charge in [-0.25, -0.2) is 4.79 Å². The van der Waals surface area contributed by atoms with Crippen molar-refractivity contribution in [3.8, 4) is 0 Å². The first-order chi connectivity index (χ1) is 7.02. The van der Waals surface area contributed by atoms with Crippen molar-refractivity contribution in [3.05, 3.63) is 0 Å². The maximum absolute atomic E-state index is 11.2. The lowest BCUT2D eigenvalue weighted by Gasteiger charge is -2.15. The maximum atomic E-state index is 11.2. The number of carbonyl (C=O) groups excluding carboxylic acids is 1. The Labute approximate surface area is 93.2 Å². The summed E-state index contributed by atoms with van der Waals surface area (Å²) in [5, 5.41) is 20.3. The number of carboxylic acid groups (broad SMARTS) is 1. The molecule has 3 N–H and O–H groups in total. The van der Waals surface area contributed by atoms with Gasteiger partial charge in [0.2, 0.25) is 5.91 Å². The van der Waals surface area contributed by atoms with Crippen molar-refractivity contribution < 1.29 is 19.8 Å². The van der Waals surface area contributed by atoms with Crippen LogP contribution in [0.4, 0.5) is 0 Å². The van der Waals surface area contributed by atoms with Crippen molar-refractivity contribution in [1.29, 1.82) is 0 Å². The molecule has 0 aliphatic carbocycles. The molecule has 0 spiro atoms. The minimum absolute atomic E-state index is 0.278. The molecule has 0 aliphatic rings. The zero-order chi connectivity index (χ0) is 11.8. The molecule has 0 fully saturated rings. The Kier molecular flexibility index (Phi) is 7.15. The van der Waals surface area contributed by atoms with Gasteiger partial charge in [0, 0.05) is 0 Å². The molecule has 1 amide bonds. The second kappa shape index (κ2) is 7.53. The van der Waals surface area contributed by atoms with E-state index in [1.807, 2.05) is 6.26 Å². The van der Waals surface area contributed by atoms with Crippen LogP contribution < -0.4 is 5.32 Å². The highest BCUT2D eigenvalue weighted by Gasteiger charge is 2.22. The van der Waals surface area contributed by atoms with E-state index in [1.165, 1.54) is 11.8 Å². The number of hydrogen-bond donors (Lipinski definition) is 3. The highest BCUT2D eigenvalue weighted by molar-refractivity contribution is 7.98. The lowest BCUT2D eigenvalue weighted by molar-refractivity contribution is -0.143. The first-order valence-electron chi connectivity index (χ1n) is 4.73. The summed E-state index contributed by atoms with van der Waals surface area (Å²) in [5.74, 6) is -1.04. The zero-order valence-corrected chi connectivity index (χ0v) is 9.71. The smallest absolute Gasteiger partial charge is 0.326 e. The number of nitrogens with one attached hydrogen (secondary N) is 1. The van der Waals surface area contributed by atoms with Crippen molar-refractivity contribution in [2.24, 2.45) is 0 Å². The third-order valence-electron chi connectivity index (χ3n) is 1.91. The second-order valence-corrected chi connectivity index (χ2v) is 4.09. The topological polar surface area (TPSA) is 86.6 Å². The summed E-state index contributed by atoms with van der Waals surface area (Å²) in [6, 6.07) is -0.911. The lowest BCUT2D eigenvalue weighted by atomic mass is 10.2. The van der Waals surface area contributed by atoms with Gasteiger partial charge in [-0.1, -0.05) is 6.92 Å². The molecule has 0 heterocycles. The summed E-state index contributed by atoms with van der Waals surface area (Å²) in [5.41, 5.74) is 0. The van der Waals surface area contributed by atoms with E-state index in [4.69, 9.17) is 5.11 Å². The molecule has 0 aromatic carbocycles. The van der Waals surface area contributed by atoms with E-state index in [2.05, 4.69) is 5.32 Å². The normalized spacial score (nSPS) is 14.3. The zero-order valence-electron chi connectivity index (χ0n) is 8.90. The predicted molar refractivity (Wildman–Crippen MR) is 58.9 cm³/mol. The van der Waals surface area contributed by atoms with Crippen LogP contribution in [0.3, 0.4) is 0 Å². The van der Waals surface area contributed by atoms with E-state index in [0.717, 1.165) is 0 Å². The van der Waals surface area contributed by atoms with Gasteiger partial charge in [-0.15, -0.1) is 0 Å². The molecule has 2 atom stereocenters. The quantitative estimate of drug-likeness (QED) is 0.582. The average Bonchev–Trinajstić information content (AvgIpc) is 2.22. The van der Waals surface area contributed by atoms with Crippen LogP contribution in [0.25, 0.3) is 0 Å². The monoisotopic (exact) mass is 235 g/mol. The number of carboxylic acids is 1. The summed E-state index contributed by atoms with van der Waals surface area (Å²) in [4.78, 5) is 22.0. The van der Waals surface area contributed by atoms with Crippen molar-refractivity contribution in [2.75, 3.05) is 12.0 Å². The van der Waals surface area contributed by atoms with Crippen LogP contribution in [0.5, 0.6) is 0 Å². The maximum Gasteiger partial charge on any atom is 0.326 e. The van der Waals surface area contributed by atoms with Crippen molar-refractivity contribution in [3.63, 3.8) is 0 Å². The molecular weight excluding hydrogens is 218 g/mol. The molecule has 1 unspecified atom stereocenters. The van der Waals surface area contributed by atoms with Gasteiger partial charge in [0.05, 0.1) is 0 Å². The van der Waals surface area contributed by atoms with Gasteiger partial charge in [-0.05, 0) is 24.9 Å². The van der Waals surface area contributed by atoms with Gasteiger partial charge < -0.3 is 15.5 Å². The molecule has 0 saturated carbocycles. The Balaban J connectivity index is 4.16. The molecule has 6 heteroatoms. The van der Waals surface area contributed by atoms with Gasteiger partial charge in [0.1, 0.15) is 12.1 Å².